The summed E-state index contributed by atoms with van der Waals surface area (Å²) in [6.07, 6.45) is 5.48. The smallest absolute Gasteiger partial charge is 0.166 e. The molecule has 0 aliphatic heterocycles. The number of hydrogen-bond acceptors (Lipinski definition) is 2. The second kappa shape index (κ2) is 8.85. The zero-order valence-corrected chi connectivity index (χ0v) is 16.5. The lowest BCUT2D eigenvalue weighted by molar-refractivity contribution is 0.107. The Hall–Kier alpha value is -1.91. The lowest BCUT2D eigenvalue weighted by Gasteiger charge is -2.24. The highest BCUT2D eigenvalue weighted by Gasteiger charge is 2.39. The average Bonchev–Trinajstić information content (AvgIpc) is 3.31. The quantitative estimate of drug-likeness (QED) is 0.690. The first-order valence-corrected chi connectivity index (χ1v) is 10.4. The van der Waals surface area contributed by atoms with E-state index < -0.39 is 0 Å². The standard InChI is InChI=1S/C23H28N2OS/c27-23(25-22-13-18-9-10-21(22)12-18)24-14-19-7-4-8-20(11-19)16-26-15-17-5-2-1-3-6-17/h1-8,11,18,21-22H,9-10,12-16H2,(H2,24,25,27). The molecule has 0 aromatic heterocycles. The monoisotopic (exact) mass is 380 g/mol. The molecule has 142 valence electrons. The molecule has 0 spiro atoms. The van der Waals surface area contributed by atoms with Crippen molar-refractivity contribution < 1.29 is 4.74 Å². The minimum atomic E-state index is 0.585. The van der Waals surface area contributed by atoms with Crippen LogP contribution in [0.15, 0.2) is 54.6 Å². The normalized spacial score (nSPS) is 23.3. The molecule has 2 fully saturated rings. The van der Waals surface area contributed by atoms with E-state index in [0.717, 1.165) is 23.5 Å². The van der Waals surface area contributed by atoms with Gasteiger partial charge in [-0.25, -0.2) is 0 Å². The van der Waals surface area contributed by atoms with Crippen LogP contribution in [-0.2, 0) is 24.5 Å². The Morgan fingerprint density at radius 2 is 1.70 bits per heavy atom. The fraction of sp³-hybridized carbons (Fsp3) is 0.435. The maximum absolute atomic E-state index is 5.84. The molecule has 0 amide bonds. The highest BCUT2D eigenvalue weighted by Crippen LogP contribution is 2.44. The van der Waals surface area contributed by atoms with E-state index in [-0.39, 0.29) is 0 Å². The van der Waals surface area contributed by atoms with Gasteiger partial charge in [0, 0.05) is 12.6 Å². The predicted octanol–water partition coefficient (Wildman–Crippen LogP) is 4.56. The van der Waals surface area contributed by atoms with E-state index in [1.54, 1.807) is 0 Å². The first-order valence-electron chi connectivity index (χ1n) is 10.00. The number of benzene rings is 2. The van der Waals surface area contributed by atoms with Gasteiger partial charge in [-0.2, -0.15) is 0 Å². The summed E-state index contributed by atoms with van der Waals surface area (Å²) in [7, 11) is 0. The van der Waals surface area contributed by atoms with Crippen LogP contribution < -0.4 is 10.6 Å². The van der Waals surface area contributed by atoms with Gasteiger partial charge < -0.3 is 15.4 Å². The van der Waals surface area contributed by atoms with Crippen molar-refractivity contribution in [1.82, 2.24) is 10.6 Å². The van der Waals surface area contributed by atoms with Gasteiger partial charge in [0.1, 0.15) is 0 Å². The third kappa shape index (κ3) is 5.08. The van der Waals surface area contributed by atoms with Crippen LogP contribution in [-0.4, -0.2) is 11.2 Å². The maximum atomic E-state index is 5.84. The van der Waals surface area contributed by atoms with Crippen LogP contribution in [0.5, 0.6) is 0 Å². The van der Waals surface area contributed by atoms with Crippen LogP contribution in [0.4, 0.5) is 0 Å². The molecule has 3 unspecified atom stereocenters. The van der Waals surface area contributed by atoms with Crippen LogP contribution in [0.1, 0.15) is 42.4 Å². The summed E-state index contributed by atoms with van der Waals surface area (Å²) in [5.74, 6) is 1.77. The molecule has 3 nitrogen and oxygen atoms in total. The van der Waals surface area contributed by atoms with Crippen molar-refractivity contribution in [2.75, 3.05) is 0 Å². The first kappa shape index (κ1) is 18.5. The molecule has 3 atom stereocenters. The van der Waals surface area contributed by atoms with Crippen molar-refractivity contribution in [3.8, 4) is 0 Å². The molecule has 4 heteroatoms. The van der Waals surface area contributed by atoms with Crippen LogP contribution in [0.2, 0.25) is 0 Å². The fourth-order valence-electron chi connectivity index (χ4n) is 4.51. The van der Waals surface area contributed by atoms with Crippen molar-refractivity contribution in [1.29, 1.82) is 0 Å². The Morgan fingerprint density at radius 3 is 2.48 bits per heavy atom. The van der Waals surface area contributed by atoms with Gasteiger partial charge in [0.05, 0.1) is 13.2 Å². The molecule has 2 bridgehead atoms. The van der Waals surface area contributed by atoms with Crippen molar-refractivity contribution in [2.45, 2.75) is 51.5 Å². The number of rotatable bonds is 7. The van der Waals surface area contributed by atoms with Crippen LogP contribution in [0, 0.1) is 11.8 Å². The van der Waals surface area contributed by atoms with E-state index in [1.165, 1.54) is 42.4 Å². The van der Waals surface area contributed by atoms with E-state index in [0.29, 0.717) is 19.3 Å². The van der Waals surface area contributed by atoms with Crippen LogP contribution in [0.3, 0.4) is 0 Å². The number of thiocarbonyl (C=S) groups is 1. The summed E-state index contributed by atoms with van der Waals surface area (Å²) in [5, 5.41) is 7.71. The van der Waals surface area contributed by atoms with E-state index in [4.69, 9.17) is 17.0 Å². The van der Waals surface area contributed by atoms with Crippen LogP contribution in [0.25, 0.3) is 0 Å². The van der Waals surface area contributed by atoms with E-state index in [9.17, 15) is 0 Å². The van der Waals surface area contributed by atoms with E-state index in [1.807, 2.05) is 18.2 Å². The average molecular weight is 381 g/mol. The number of fused-ring (bicyclic) bond motifs is 2. The van der Waals surface area contributed by atoms with Crippen LogP contribution >= 0.6 is 12.2 Å². The minimum Gasteiger partial charge on any atom is -0.372 e. The Labute approximate surface area is 167 Å². The summed E-state index contributed by atoms with van der Waals surface area (Å²) in [6.45, 7) is 2.01. The summed E-state index contributed by atoms with van der Waals surface area (Å²) in [4.78, 5) is 0. The van der Waals surface area contributed by atoms with Gasteiger partial charge in [-0.05, 0) is 60.0 Å². The second-order valence-corrected chi connectivity index (χ2v) is 8.31. The van der Waals surface area contributed by atoms with Gasteiger partial charge in [-0.1, -0.05) is 61.0 Å². The number of nitrogens with one attached hydrogen (secondary N) is 2. The fourth-order valence-corrected chi connectivity index (χ4v) is 4.74. The molecule has 2 aromatic carbocycles. The lowest BCUT2D eigenvalue weighted by Crippen LogP contribution is -2.43. The molecular formula is C23H28N2OS. The summed E-state index contributed by atoms with van der Waals surface area (Å²) in [5.41, 5.74) is 3.62. The highest BCUT2D eigenvalue weighted by atomic mass is 32.1. The van der Waals surface area contributed by atoms with Crippen molar-refractivity contribution in [3.63, 3.8) is 0 Å². The molecule has 27 heavy (non-hydrogen) atoms. The molecule has 2 N–H and O–H groups in total. The summed E-state index contributed by atoms with van der Waals surface area (Å²) < 4.78 is 5.84. The van der Waals surface area contributed by atoms with Gasteiger partial charge in [-0.15, -0.1) is 0 Å². The topological polar surface area (TPSA) is 33.3 Å². The molecule has 2 aromatic rings. The minimum absolute atomic E-state index is 0.585. The molecule has 2 saturated carbocycles. The zero-order chi connectivity index (χ0) is 18.5. The number of ether oxygens (including phenoxy) is 1. The Balaban J connectivity index is 1.21. The predicted molar refractivity (Wildman–Crippen MR) is 113 cm³/mol. The summed E-state index contributed by atoms with van der Waals surface area (Å²) >= 11 is 5.52. The maximum Gasteiger partial charge on any atom is 0.166 e. The van der Waals surface area contributed by atoms with E-state index in [2.05, 4.69) is 47.0 Å². The van der Waals surface area contributed by atoms with E-state index >= 15 is 0 Å². The highest BCUT2D eigenvalue weighted by molar-refractivity contribution is 7.80. The lowest BCUT2D eigenvalue weighted by atomic mass is 9.96. The molecule has 0 radical (unpaired) electrons. The molecule has 4 rings (SSSR count). The second-order valence-electron chi connectivity index (χ2n) is 7.91. The summed E-state index contributed by atoms with van der Waals surface area (Å²) in [6, 6.07) is 19.4. The third-order valence-electron chi connectivity index (χ3n) is 5.88. The third-order valence-corrected chi connectivity index (χ3v) is 6.14. The molecule has 0 saturated heterocycles. The Morgan fingerprint density at radius 1 is 0.926 bits per heavy atom. The van der Waals surface area contributed by atoms with Crippen molar-refractivity contribution >= 4 is 17.3 Å². The van der Waals surface area contributed by atoms with Gasteiger partial charge in [-0.3, -0.25) is 0 Å². The zero-order valence-electron chi connectivity index (χ0n) is 15.7. The molecular weight excluding hydrogens is 352 g/mol. The van der Waals surface area contributed by atoms with Gasteiger partial charge in [0.15, 0.2) is 5.11 Å². The van der Waals surface area contributed by atoms with Crippen molar-refractivity contribution in [2.24, 2.45) is 11.8 Å². The molecule has 0 heterocycles. The molecule has 2 aliphatic carbocycles. The van der Waals surface area contributed by atoms with Crippen molar-refractivity contribution in [3.05, 3.63) is 71.3 Å². The van der Waals surface area contributed by atoms with Gasteiger partial charge >= 0.3 is 0 Å². The number of hydrogen-bond donors (Lipinski definition) is 2. The largest absolute Gasteiger partial charge is 0.372 e. The Bertz CT molecular complexity index is 764. The van der Waals surface area contributed by atoms with Gasteiger partial charge in [0.25, 0.3) is 0 Å². The van der Waals surface area contributed by atoms with Gasteiger partial charge in [0.2, 0.25) is 0 Å². The molecule has 2 aliphatic rings. The SMILES string of the molecule is S=C(NCc1cccc(COCc2ccccc2)c1)NC1CC2CCC1C2. The Kier molecular flexibility index (Phi) is 6.05. The first-order chi connectivity index (χ1) is 13.3.